The Kier molecular flexibility index (Phi) is 7.34. The Morgan fingerprint density at radius 3 is 2.56 bits per heavy atom. The lowest BCUT2D eigenvalue weighted by Crippen LogP contribution is -2.27. The topological polar surface area (TPSA) is 138 Å². The Morgan fingerprint density at radius 1 is 1.22 bits per heavy atom. The van der Waals surface area contributed by atoms with Crippen molar-refractivity contribution in [2.24, 2.45) is 0 Å². The minimum absolute atomic E-state index is 0.0152. The van der Waals surface area contributed by atoms with E-state index in [4.69, 9.17) is 16.2 Å². The summed E-state index contributed by atoms with van der Waals surface area (Å²) >= 11 is 1.07. The van der Waals surface area contributed by atoms with E-state index in [-0.39, 0.29) is 40.2 Å². The van der Waals surface area contributed by atoms with Gasteiger partial charge < -0.3 is 26.3 Å². The van der Waals surface area contributed by atoms with Gasteiger partial charge in [-0.3, -0.25) is 4.79 Å². The maximum atomic E-state index is 12.3. The van der Waals surface area contributed by atoms with Gasteiger partial charge in [0.15, 0.2) is 16.7 Å². The van der Waals surface area contributed by atoms with Crippen LogP contribution in [0.3, 0.4) is 0 Å². The van der Waals surface area contributed by atoms with Crippen molar-refractivity contribution in [3.05, 3.63) is 23.8 Å². The van der Waals surface area contributed by atoms with Gasteiger partial charge in [-0.2, -0.15) is 23.7 Å². The summed E-state index contributed by atoms with van der Waals surface area (Å²) in [5.74, 6) is -0.0420. The van der Waals surface area contributed by atoms with Crippen molar-refractivity contribution >= 4 is 29.6 Å². The lowest BCUT2D eigenvalue weighted by molar-refractivity contribution is -0.118. The highest BCUT2D eigenvalue weighted by atomic mass is 32.2. The maximum Gasteiger partial charge on any atom is 0.387 e. The van der Waals surface area contributed by atoms with Crippen LogP contribution in [0.1, 0.15) is 5.56 Å². The van der Waals surface area contributed by atoms with E-state index in [0.29, 0.717) is 13.0 Å². The van der Waals surface area contributed by atoms with Crippen molar-refractivity contribution in [1.82, 2.24) is 20.3 Å². The van der Waals surface area contributed by atoms with Crippen LogP contribution in [0.5, 0.6) is 11.5 Å². The number of hydrogen-bond donors (Lipinski definition) is 3. The van der Waals surface area contributed by atoms with E-state index in [0.717, 1.165) is 17.3 Å². The van der Waals surface area contributed by atoms with Crippen molar-refractivity contribution in [3.8, 4) is 11.5 Å². The number of hydrogen-bond acceptors (Lipinski definition) is 9. The van der Waals surface area contributed by atoms with Crippen LogP contribution in [0.25, 0.3) is 0 Å². The van der Waals surface area contributed by atoms with Gasteiger partial charge in [0, 0.05) is 6.54 Å². The number of nitrogens with two attached hydrogens (primary N) is 2. The Labute approximate surface area is 157 Å². The SMILES string of the molecule is COc1cc(CCNC(=O)CSc2nc(N)nc(N)n2)ccc1OC(F)F. The number of halogens is 2. The summed E-state index contributed by atoms with van der Waals surface area (Å²) in [7, 11) is 1.36. The molecule has 0 aliphatic carbocycles. The van der Waals surface area contributed by atoms with E-state index >= 15 is 0 Å². The Morgan fingerprint density at radius 2 is 1.93 bits per heavy atom. The second-order valence-electron chi connectivity index (χ2n) is 5.09. The zero-order chi connectivity index (χ0) is 19.8. The first kappa shape index (κ1) is 20.4. The van der Waals surface area contributed by atoms with Crippen LogP contribution in [-0.4, -0.2) is 46.9 Å². The number of nitrogen functional groups attached to an aromatic ring is 2. The molecule has 2 rings (SSSR count). The molecule has 0 unspecified atom stereocenters. The maximum absolute atomic E-state index is 12.3. The lowest BCUT2D eigenvalue weighted by Gasteiger charge is -2.11. The minimum atomic E-state index is -2.93. The highest BCUT2D eigenvalue weighted by Gasteiger charge is 2.11. The first-order valence-electron chi connectivity index (χ1n) is 7.65. The molecule has 12 heteroatoms. The van der Waals surface area contributed by atoms with Crippen LogP contribution >= 0.6 is 11.8 Å². The standard InChI is InChI=1S/C15H18F2N6O3S/c1-25-10-6-8(2-3-9(10)26-12(16)17)4-5-20-11(24)7-27-15-22-13(18)21-14(19)23-15/h2-3,6,12H,4-5,7H2,1H3,(H,20,24)(H4,18,19,21,22,23). The molecule has 5 N–H and O–H groups in total. The molecule has 1 aromatic carbocycles. The number of ether oxygens (including phenoxy) is 2. The summed E-state index contributed by atoms with van der Waals surface area (Å²) in [6, 6.07) is 4.60. The number of carbonyl (C=O) groups is 1. The van der Waals surface area contributed by atoms with Gasteiger partial charge in [-0.1, -0.05) is 17.8 Å². The van der Waals surface area contributed by atoms with Gasteiger partial charge in [-0.05, 0) is 24.1 Å². The number of alkyl halides is 2. The normalized spacial score (nSPS) is 10.7. The molecule has 0 saturated carbocycles. The van der Waals surface area contributed by atoms with Crippen LogP contribution in [-0.2, 0) is 11.2 Å². The molecule has 146 valence electrons. The second kappa shape index (κ2) is 9.71. The van der Waals surface area contributed by atoms with E-state index in [1.807, 2.05) is 0 Å². The van der Waals surface area contributed by atoms with Crippen LogP contribution in [0.15, 0.2) is 23.4 Å². The molecule has 2 aromatic rings. The van der Waals surface area contributed by atoms with Gasteiger partial charge in [0.2, 0.25) is 17.8 Å². The van der Waals surface area contributed by atoms with Gasteiger partial charge in [-0.25, -0.2) is 0 Å². The third-order valence-electron chi connectivity index (χ3n) is 3.16. The molecule has 9 nitrogen and oxygen atoms in total. The lowest BCUT2D eigenvalue weighted by atomic mass is 10.1. The minimum Gasteiger partial charge on any atom is -0.493 e. The van der Waals surface area contributed by atoms with Crippen LogP contribution in [0.2, 0.25) is 0 Å². The van der Waals surface area contributed by atoms with Crippen molar-refractivity contribution in [3.63, 3.8) is 0 Å². The number of anilines is 2. The number of rotatable bonds is 9. The Bertz CT molecular complexity index is 776. The largest absolute Gasteiger partial charge is 0.493 e. The molecule has 27 heavy (non-hydrogen) atoms. The molecule has 0 aliphatic rings. The number of nitrogens with one attached hydrogen (secondary N) is 1. The third kappa shape index (κ3) is 6.73. The fourth-order valence-corrected chi connectivity index (χ4v) is 2.72. The molecule has 1 heterocycles. The predicted molar refractivity (Wildman–Crippen MR) is 95.7 cm³/mol. The number of methoxy groups -OCH3 is 1. The molecule has 0 atom stereocenters. The molecular formula is C15H18F2N6O3S. The second-order valence-corrected chi connectivity index (χ2v) is 6.03. The number of aromatic nitrogens is 3. The van der Waals surface area contributed by atoms with Crippen molar-refractivity contribution in [2.75, 3.05) is 30.9 Å². The number of carbonyl (C=O) groups excluding carboxylic acids is 1. The fourth-order valence-electron chi connectivity index (χ4n) is 2.04. The smallest absolute Gasteiger partial charge is 0.387 e. The summed E-state index contributed by atoms with van der Waals surface area (Å²) < 4.78 is 34.0. The van der Waals surface area contributed by atoms with Crippen LogP contribution in [0, 0.1) is 0 Å². The highest BCUT2D eigenvalue weighted by molar-refractivity contribution is 7.99. The molecular weight excluding hydrogens is 382 g/mol. The summed E-state index contributed by atoms with van der Waals surface area (Å²) in [6.07, 6.45) is 0.480. The van der Waals surface area contributed by atoms with Crippen molar-refractivity contribution in [1.29, 1.82) is 0 Å². The summed E-state index contributed by atoms with van der Waals surface area (Å²) in [6.45, 7) is -2.59. The van der Waals surface area contributed by atoms with E-state index in [1.54, 1.807) is 12.1 Å². The van der Waals surface area contributed by atoms with Crippen molar-refractivity contribution < 1.29 is 23.0 Å². The number of amides is 1. The molecule has 1 aromatic heterocycles. The average molecular weight is 400 g/mol. The zero-order valence-electron chi connectivity index (χ0n) is 14.3. The molecule has 0 bridgehead atoms. The molecule has 0 aliphatic heterocycles. The molecule has 1 amide bonds. The monoisotopic (exact) mass is 400 g/mol. The Balaban J connectivity index is 1.80. The molecule has 0 spiro atoms. The van der Waals surface area contributed by atoms with Gasteiger partial charge in [0.05, 0.1) is 12.9 Å². The molecule has 0 radical (unpaired) electrons. The summed E-state index contributed by atoms with van der Waals surface area (Å²) in [5.41, 5.74) is 11.7. The fraction of sp³-hybridized carbons (Fsp3) is 0.333. The van der Waals surface area contributed by atoms with Crippen molar-refractivity contribution in [2.45, 2.75) is 18.2 Å². The van der Waals surface area contributed by atoms with Gasteiger partial charge in [0.25, 0.3) is 0 Å². The molecule has 0 fully saturated rings. The number of nitrogens with zero attached hydrogens (tertiary/aromatic N) is 3. The number of benzene rings is 1. The van der Waals surface area contributed by atoms with Gasteiger partial charge >= 0.3 is 6.61 Å². The van der Waals surface area contributed by atoms with E-state index in [2.05, 4.69) is 25.0 Å². The Hall–Kier alpha value is -2.89. The average Bonchev–Trinajstić information content (AvgIpc) is 2.60. The third-order valence-corrected chi connectivity index (χ3v) is 4.01. The summed E-state index contributed by atoms with van der Waals surface area (Å²) in [4.78, 5) is 23.2. The van der Waals surface area contributed by atoms with Gasteiger partial charge in [-0.15, -0.1) is 0 Å². The first-order valence-corrected chi connectivity index (χ1v) is 8.64. The van der Waals surface area contributed by atoms with E-state index in [1.165, 1.54) is 13.2 Å². The highest BCUT2D eigenvalue weighted by Crippen LogP contribution is 2.29. The first-order chi connectivity index (χ1) is 12.9. The number of thioether (sulfide) groups is 1. The quantitative estimate of drug-likeness (QED) is 0.528. The predicted octanol–water partition coefficient (Wildman–Crippen LogP) is 1.10. The zero-order valence-corrected chi connectivity index (χ0v) is 15.1. The van der Waals surface area contributed by atoms with E-state index in [9.17, 15) is 13.6 Å². The van der Waals surface area contributed by atoms with Gasteiger partial charge in [0.1, 0.15) is 0 Å². The van der Waals surface area contributed by atoms with Crippen LogP contribution in [0.4, 0.5) is 20.7 Å². The van der Waals surface area contributed by atoms with Crippen LogP contribution < -0.4 is 26.3 Å². The molecule has 0 saturated heterocycles. The van der Waals surface area contributed by atoms with E-state index < -0.39 is 6.61 Å². The summed E-state index contributed by atoms with van der Waals surface area (Å²) in [5, 5.41) is 2.99.